The molecule has 0 unspecified atom stereocenters. The molecule has 0 bridgehead atoms. The quantitative estimate of drug-likeness (QED) is 0.905. The highest BCUT2D eigenvalue weighted by Gasteiger charge is 2.02. The van der Waals surface area contributed by atoms with Crippen LogP contribution >= 0.6 is 15.9 Å². The lowest BCUT2D eigenvalue weighted by Crippen LogP contribution is -2.02. The van der Waals surface area contributed by atoms with Crippen LogP contribution in [0.25, 0.3) is 0 Å². The zero-order chi connectivity index (χ0) is 12.1. The standard InChI is InChI=1S/C11H14BrN5/c12-9-3-4-10(14-6-9)7-17-8-11(15-16-17)2-1-5-13/h3-4,6,8H,1-2,5,7,13H2. The van der Waals surface area contributed by atoms with Crippen molar-refractivity contribution in [3.63, 3.8) is 0 Å². The summed E-state index contributed by atoms with van der Waals surface area (Å²) in [4.78, 5) is 4.29. The third-order valence-electron chi connectivity index (χ3n) is 2.34. The van der Waals surface area contributed by atoms with Crippen molar-refractivity contribution >= 4 is 15.9 Å². The highest BCUT2D eigenvalue weighted by molar-refractivity contribution is 9.10. The Morgan fingerprint density at radius 1 is 1.29 bits per heavy atom. The predicted molar refractivity (Wildman–Crippen MR) is 68.4 cm³/mol. The van der Waals surface area contributed by atoms with Gasteiger partial charge < -0.3 is 5.73 Å². The molecule has 0 spiro atoms. The van der Waals surface area contributed by atoms with Crippen LogP contribution in [-0.2, 0) is 13.0 Å². The Balaban J connectivity index is 1.98. The van der Waals surface area contributed by atoms with Crippen LogP contribution < -0.4 is 5.73 Å². The Morgan fingerprint density at radius 2 is 2.18 bits per heavy atom. The third kappa shape index (κ3) is 3.61. The van der Waals surface area contributed by atoms with E-state index in [-0.39, 0.29) is 0 Å². The fourth-order valence-corrected chi connectivity index (χ4v) is 1.71. The number of rotatable bonds is 5. The monoisotopic (exact) mass is 295 g/mol. The minimum atomic E-state index is 0.642. The van der Waals surface area contributed by atoms with Crippen molar-refractivity contribution in [3.05, 3.63) is 40.4 Å². The van der Waals surface area contributed by atoms with E-state index in [0.29, 0.717) is 13.1 Å². The van der Waals surface area contributed by atoms with Crippen LogP contribution in [0.15, 0.2) is 29.0 Å². The Kier molecular flexibility index (Phi) is 4.22. The molecule has 0 saturated carbocycles. The molecule has 2 rings (SSSR count). The van der Waals surface area contributed by atoms with Crippen LogP contribution in [0.1, 0.15) is 17.8 Å². The van der Waals surface area contributed by atoms with Gasteiger partial charge in [-0.3, -0.25) is 4.98 Å². The number of hydrogen-bond donors (Lipinski definition) is 1. The molecule has 0 aromatic carbocycles. The van der Waals surface area contributed by atoms with Gasteiger partial charge in [0.1, 0.15) is 0 Å². The Hall–Kier alpha value is -1.27. The lowest BCUT2D eigenvalue weighted by atomic mass is 10.2. The summed E-state index contributed by atoms with van der Waals surface area (Å²) in [5.74, 6) is 0. The second-order valence-corrected chi connectivity index (χ2v) is 4.68. The van der Waals surface area contributed by atoms with Gasteiger partial charge in [-0.25, -0.2) is 4.68 Å². The number of aromatic nitrogens is 4. The topological polar surface area (TPSA) is 69.6 Å². The first-order valence-electron chi connectivity index (χ1n) is 5.47. The molecule has 2 heterocycles. The van der Waals surface area contributed by atoms with E-state index in [0.717, 1.165) is 28.7 Å². The molecule has 0 saturated heterocycles. The van der Waals surface area contributed by atoms with Gasteiger partial charge in [0, 0.05) is 16.9 Å². The molecule has 0 radical (unpaired) electrons. The molecule has 0 aliphatic heterocycles. The van der Waals surface area contributed by atoms with Crippen molar-refractivity contribution in [2.45, 2.75) is 19.4 Å². The van der Waals surface area contributed by atoms with Crippen LogP contribution in [0.5, 0.6) is 0 Å². The number of nitrogens with two attached hydrogens (primary N) is 1. The molecule has 0 atom stereocenters. The van der Waals surface area contributed by atoms with Gasteiger partial charge in [-0.2, -0.15) is 0 Å². The van der Waals surface area contributed by atoms with Crippen LogP contribution in [0.4, 0.5) is 0 Å². The highest BCUT2D eigenvalue weighted by atomic mass is 79.9. The predicted octanol–water partition coefficient (Wildman–Crippen LogP) is 1.38. The molecule has 0 aliphatic rings. The van der Waals surface area contributed by atoms with E-state index in [9.17, 15) is 0 Å². The highest BCUT2D eigenvalue weighted by Crippen LogP contribution is 2.08. The normalized spacial score (nSPS) is 10.7. The zero-order valence-corrected chi connectivity index (χ0v) is 11.0. The maximum atomic E-state index is 5.45. The minimum Gasteiger partial charge on any atom is -0.330 e. The molecule has 17 heavy (non-hydrogen) atoms. The summed E-state index contributed by atoms with van der Waals surface area (Å²) in [6, 6.07) is 3.93. The van der Waals surface area contributed by atoms with Crippen LogP contribution in [0.2, 0.25) is 0 Å². The Bertz CT molecular complexity index is 465. The molecule has 5 nitrogen and oxygen atoms in total. The first kappa shape index (κ1) is 12.2. The summed E-state index contributed by atoms with van der Waals surface area (Å²) in [5.41, 5.74) is 7.39. The van der Waals surface area contributed by atoms with Crippen LogP contribution in [0.3, 0.4) is 0 Å². The van der Waals surface area contributed by atoms with E-state index in [2.05, 4.69) is 31.2 Å². The number of aryl methyl sites for hydroxylation is 1. The molecule has 2 N–H and O–H groups in total. The van der Waals surface area contributed by atoms with Gasteiger partial charge in [0.2, 0.25) is 0 Å². The summed E-state index contributed by atoms with van der Waals surface area (Å²) >= 11 is 3.35. The molecule has 2 aromatic rings. The molecular weight excluding hydrogens is 282 g/mol. The van der Waals surface area contributed by atoms with E-state index in [1.165, 1.54) is 0 Å². The molecule has 2 aromatic heterocycles. The maximum Gasteiger partial charge on any atom is 0.0849 e. The summed E-state index contributed by atoms with van der Waals surface area (Å²) < 4.78 is 2.77. The molecule has 0 amide bonds. The summed E-state index contributed by atoms with van der Waals surface area (Å²) in [6.07, 6.45) is 5.54. The Labute approximate surface area is 108 Å². The van der Waals surface area contributed by atoms with Crippen molar-refractivity contribution in [3.8, 4) is 0 Å². The summed E-state index contributed by atoms with van der Waals surface area (Å²) in [6.45, 7) is 1.32. The van der Waals surface area contributed by atoms with E-state index in [1.807, 2.05) is 18.3 Å². The molecule has 0 aliphatic carbocycles. The van der Waals surface area contributed by atoms with Crippen molar-refractivity contribution in [2.75, 3.05) is 6.54 Å². The lowest BCUT2D eigenvalue weighted by molar-refractivity contribution is 0.638. The summed E-state index contributed by atoms with van der Waals surface area (Å²) in [5, 5.41) is 8.15. The molecular formula is C11H14BrN5. The van der Waals surface area contributed by atoms with Crippen molar-refractivity contribution in [1.82, 2.24) is 20.0 Å². The fraction of sp³-hybridized carbons (Fsp3) is 0.364. The van der Waals surface area contributed by atoms with Crippen molar-refractivity contribution in [1.29, 1.82) is 0 Å². The number of hydrogen-bond acceptors (Lipinski definition) is 4. The number of pyridine rings is 1. The Morgan fingerprint density at radius 3 is 2.88 bits per heavy atom. The van der Waals surface area contributed by atoms with Crippen LogP contribution in [-0.4, -0.2) is 26.5 Å². The maximum absolute atomic E-state index is 5.45. The van der Waals surface area contributed by atoms with E-state index >= 15 is 0 Å². The second kappa shape index (κ2) is 5.88. The lowest BCUT2D eigenvalue weighted by Gasteiger charge is -1.99. The van der Waals surface area contributed by atoms with E-state index in [1.54, 1.807) is 10.9 Å². The van der Waals surface area contributed by atoms with E-state index in [4.69, 9.17) is 5.73 Å². The van der Waals surface area contributed by atoms with E-state index < -0.39 is 0 Å². The van der Waals surface area contributed by atoms with Crippen molar-refractivity contribution < 1.29 is 0 Å². The number of nitrogens with zero attached hydrogens (tertiary/aromatic N) is 4. The van der Waals surface area contributed by atoms with Gasteiger partial charge in [0.25, 0.3) is 0 Å². The third-order valence-corrected chi connectivity index (χ3v) is 2.80. The first-order chi connectivity index (χ1) is 8.28. The van der Waals surface area contributed by atoms with Gasteiger partial charge in [-0.1, -0.05) is 5.21 Å². The molecule has 6 heteroatoms. The fourth-order valence-electron chi connectivity index (χ4n) is 1.48. The minimum absolute atomic E-state index is 0.642. The molecule has 90 valence electrons. The zero-order valence-electron chi connectivity index (χ0n) is 9.38. The number of halogens is 1. The average Bonchev–Trinajstić information content (AvgIpc) is 2.77. The largest absolute Gasteiger partial charge is 0.330 e. The second-order valence-electron chi connectivity index (χ2n) is 3.77. The van der Waals surface area contributed by atoms with Gasteiger partial charge in [-0.15, -0.1) is 5.10 Å². The van der Waals surface area contributed by atoms with Crippen LogP contribution in [0, 0.1) is 0 Å². The average molecular weight is 296 g/mol. The molecule has 0 fully saturated rings. The summed E-state index contributed by atoms with van der Waals surface area (Å²) in [7, 11) is 0. The van der Waals surface area contributed by atoms with Gasteiger partial charge in [-0.05, 0) is 47.4 Å². The van der Waals surface area contributed by atoms with Gasteiger partial charge in [0.15, 0.2) is 0 Å². The van der Waals surface area contributed by atoms with Crippen molar-refractivity contribution in [2.24, 2.45) is 5.73 Å². The smallest absolute Gasteiger partial charge is 0.0849 e. The van der Waals surface area contributed by atoms with Gasteiger partial charge in [0.05, 0.1) is 17.9 Å². The first-order valence-corrected chi connectivity index (χ1v) is 6.27. The SMILES string of the molecule is NCCCc1cn(Cc2ccc(Br)cn2)nn1. The van der Waals surface area contributed by atoms with Gasteiger partial charge >= 0.3 is 0 Å².